The molecule has 0 amide bonds. The third kappa shape index (κ3) is 7.81. The van der Waals surface area contributed by atoms with Crippen LogP contribution in [-0.2, 0) is 18.2 Å². The zero-order valence-electron chi connectivity index (χ0n) is 11.8. The van der Waals surface area contributed by atoms with Crippen molar-refractivity contribution in [3.63, 3.8) is 0 Å². The van der Waals surface area contributed by atoms with Gasteiger partial charge in [-0.1, -0.05) is 23.2 Å². The van der Waals surface area contributed by atoms with Crippen LogP contribution < -0.4 is 68.9 Å². The first-order valence-electron chi connectivity index (χ1n) is 4.70. The summed E-state index contributed by atoms with van der Waals surface area (Å²) in [7, 11) is -10.1. The molecule has 0 N–H and O–H groups in total. The molecular weight excluding hydrogens is 359 g/mol. The van der Waals surface area contributed by atoms with Crippen molar-refractivity contribution in [1.29, 1.82) is 0 Å². The van der Waals surface area contributed by atoms with Crippen LogP contribution >= 0.6 is 38.4 Å². The molecule has 0 heterocycles. The Bertz CT molecular complexity index is 345. The predicted octanol–water partition coefficient (Wildman–Crippen LogP) is -3.96. The second kappa shape index (κ2) is 9.89. The van der Waals surface area contributed by atoms with Gasteiger partial charge in [0.2, 0.25) is 3.82 Å². The maximum Gasteiger partial charge on any atom is 1.00 e. The van der Waals surface area contributed by atoms with Crippen molar-refractivity contribution < 1.29 is 87.1 Å². The summed E-state index contributed by atoms with van der Waals surface area (Å²) in [5.74, 6) is 0. The van der Waals surface area contributed by atoms with Crippen LogP contribution in [-0.4, -0.2) is 16.0 Å². The quantitative estimate of drug-likeness (QED) is 0.268. The molecule has 0 aromatic rings. The van der Waals surface area contributed by atoms with Gasteiger partial charge < -0.3 is 23.4 Å². The van der Waals surface area contributed by atoms with Gasteiger partial charge in [-0.3, -0.25) is 4.57 Å². The molecule has 0 atom stereocenters. The predicted molar refractivity (Wildman–Crippen MR) is 62.1 cm³/mol. The van der Waals surface area contributed by atoms with Crippen LogP contribution in [0.4, 0.5) is 0 Å². The molecule has 12 heteroatoms. The first kappa shape index (κ1) is 26.8. The zero-order chi connectivity index (χ0) is 14.1. The molecule has 0 bridgehead atoms. The van der Waals surface area contributed by atoms with E-state index < -0.39 is 31.2 Å². The molecule has 0 radical (unpaired) electrons. The van der Waals surface area contributed by atoms with E-state index in [1.807, 2.05) is 0 Å². The molecule has 0 saturated heterocycles. The fraction of sp³-hybridized carbons (Fsp3) is 1.00. The van der Waals surface area contributed by atoms with Gasteiger partial charge in [-0.05, 0) is 35.3 Å². The van der Waals surface area contributed by atoms with E-state index in [0.29, 0.717) is 0 Å². The number of hydrogen-bond acceptors (Lipinski definition) is 6. The summed E-state index contributed by atoms with van der Waals surface area (Å²) in [6, 6.07) is 0. The average Bonchev–Trinajstić information content (AvgIpc) is 1.97. The molecule has 0 aromatic heterocycles. The second-order valence-electron chi connectivity index (χ2n) is 3.81. The van der Waals surface area contributed by atoms with Crippen LogP contribution in [0.25, 0.3) is 0 Å². The first-order valence-corrected chi connectivity index (χ1v) is 8.54. The van der Waals surface area contributed by atoms with Gasteiger partial charge in [0.15, 0.2) is 0 Å². The molecule has 0 rings (SSSR count). The van der Waals surface area contributed by atoms with Crippen molar-refractivity contribution >= 4 is 38.4 Å². The number of alkyl halides is 2. The Balaban J connectivity index is -0.00000128. The Morgan fingerprint density at radius 2 is 1.21 bits per heavy atom. The Morgan fingerprint density at radius 3 is 1.37 bits per heavy atom. The molecule has 0 fully saturated rings. The van der Waals surface area contributed by atoms with Crippen molar-refractivity contribution in [2.45, 2.75) is 43.7 Å². The molecule has 0 aliphatic heterocycles. The summed E-state index contributed by atoms with van der Waals surface area (Å²) in [5.41, 5.74) is 0. The zero-order valence-corrected chi connectivity index (χ0v) is 19.1. The monoisotopic (exact) mass is 372 g/mol. The molecule has 0 aromatic carbocycles. The summed E-state index contributed by atoms with van der Waals surface area (Å²) in [6.45, 7) is 5.89. The van der Waals surface area contributed by atoms with E-state index in [2.05, 4.69) is 0 Å². The molecule has 104 valence electrons. The standard InChI is InChI=1S/C7H16Cl2O6P2.2Na/c1-5(2)14-17(13,15-6(3)4)7(8,9)16(10,11)12;;/h5-6H,1-4H3,(H2,10,11,12);;/q;2*+1/p-2. The van der Waals surface area contributed by atoms with Crippen LogP contribution in [0, 0.1) is 0 Å². The van der Waals surface area contributed by atoms with Crippen molar-refractivity contribution in [2.75, 3.05) is 0 Å². The minimum atomic E-state index is -5.58. The smallest absolute Gasteiger partial charge is 0.808 e. The minimum Gasteiger partial charge on any atom is -0.808 e. The maximum absolute atomic E-state index is 12.2. The van der Waals surface area contributed by atoms with Gasteiger partial charge in [0.1, 0.15) is 0 Å². The topological polar surface area (TPSA) is 98.7 Å². The molecular formula is C7H14Cl2Na2O6P2. The summed E-state index contributed by atoms with van der Waals surface area (Å²) in [4.78, 5) is 21.9. The SMILES string of the molecule is CC(C)OP(=O)(OC(C)C)C(Cl)(Cl)P(=O)([O-])[O-].[Na+].[Na+]. The normalized spacial score (nSPS) is 13.2. The summed E-state index contributed by atoms with van der Waals surface area (Å²) >= 11 is 10.7. The molecule has 0 aliphatic carbocycles. The van der Waals surface area contributed by atoms with E-state index in [-0.39, 0.29) is 59.1 Å². The van der Waals surface area contributed by atoms with Gasteiger partial charge in [0.05, 0.1) is 12.2 Å². The van der Waals surface area contributed by atoms with Crippen LogP contribution in [0.3, 0.4) is 0 Å². The van der Waals surface area contributed by atoms with Crippen molar-refractivity contribution in [3.05, 3.63) is 0 Å². The van der Waals surface area contributed by atoms with E-state index >= 15 is 0 Å². The van der Waals surface area contributed by atoms with Crippen molar-refractivity contribution in [1.82, 2.24) is 0 Å². The fourth-order valence-electron chi connectivity index (χ4n) is 0.857. The van der Waals surface area contributed by atoms with Crippen LogP contribution in [0.5, 0.6) is 0 Å². The van der Waals surface area contributed by atoms with E-state index in [1.54, 1.807) is 0 Å². The third-order valence-electron chi connectivity index (χ3n) is 1.36. The Kier molecular flexibility index (Phi) is 13.9. The Hall–Kier alpha value is 2.88. The third-order valence-corrected chi connectivity index (χ3v) is 8.03. The summed E-state index contributed by atoms with van der Waals surface area (Å²) < 4.78 is 29.7. The molecule has 0 unspecified atom stereocenters. The maximum atomic E-state index is 12.2. The van der Waals surface area contributed by atoms with Crippen LogP contribution in [0.1, 0.15) is 27.7 Å². The fourth-order valence-corrected chi connectivity index (χ4v) is 4.23. The van der Waals surface area contributed by atoms with E-state index in [4.69, 9.17) is 32.2 Å². The van der Waals surface area contributed by atoms with Crippen molar-refractivity contribution in [3.8, 4) is 0 Å². The number of rotatable bonds is 6. The Morgan fingerprint density at radius 1 is 0.947 bits per heavy atom. The minimum absolute atomic E-state index is 0. The van der Waals surface area contributed by atoms with Gasteiger partial charge >= 0.3 is 66.7 Å². The van der Waals surface area contributed by atoms with Gasteiger partial charge in [-0.2, -0.15) is 0 Å². The van der Waals surface area contributed by atoms with E-state index in [1.165, 1.54) is 27.7 Å². The number of halogens is 2. The van der Waals surface area contributed by atoms with Gasteiger partial charge in [0.25, 0.3) is 0 Å². The average molecular weight is 373 g/mol. The van der Waals surface area contributed by atoms with Crippen LogP contribution in [0.15, 0.2) is 0 Å². The molecule has 0 aliphatic rings. The molecule has 0 spiro atoms. The molecule has 0 saturated carbocycles. The van der Waals surface area contributed by atoms with E-state index in [0.717, 1.165) is 0 Å². The summed E-state index contributed by atoms with van der Waals surface area (Å²) in [6.07, 6.45) is -1.36. The molecule has 6 nitrogen and oxygen atoms in total. The first-order chi connectivity index (χ1) is 7.33. The van der Waals surface area contributed by atoms with Crippen molar-refractivity contribution in [2.24, 2.45) is 0 Å². The summed E-state index contributed by atoms with van der Waals surface area (Å²) in [5, 5.41) is 0. The van der Waals surface area contributed by atoms with E-state index in [9.17, 15) is 18.9 Å². The number of hydrogen-bond donors (Lipinski definition) is 0. The van der Waals surface area contributed by atoms with Gasteiger partial charge in [-0.15, -0.1) is 0 Å². The Labute approximate surface area is 167 Å². The van der Waals surface area contributed by atoms with Gasteiger partial charge in [0, 0.05) is 0 Å². The second-order valence-corrected chi connectivity index (χ2v) is 10.3. The van der Waals surface area contributed by atoms with Crippen LogP contribution in [0.2, 0.25) is 0 Å². The molecule has 19 heavy (non-hydrogen) atoms. The largest absolute Gasteiger partial charge is 1.00 e. The van der Waals surface area contributed by atoms with Gasteiger partial charge in [-0.25, -0.2) is 0 Å².